The van der Waals surface area contributed by atoms with Crippen LogP contribution >= 0.6 is 0 Å². The van der Waals surface area contributed by atoms with Crippen molar-refractivity contribution in [2.24, 2.45) is 0 Å². The van der Waals surface area contributed by atoms with Gasteiger partial charge in [-0.05, 0) is 33.1 Å². The van der Waals surface area contributed by atoms with Gasteiger partial charge in [-0.1, -0.05) is 96.1 Å². The minimum absolute atomic E-state index is 0.0554. The fourth-order valence-electron chi connectivity index (χ4n) is 4.41. The molecule has 0 aromatic heterocycles. The molecule has 5 atom stereocenters. The van der Waals surface area contributed by atoms with Crippen LogP contribution in [0.4, 0.5) is 0 Å². The molecule has 0 radical (unpaired) electrons. The van der Waals surface area contributed by atoms with Crippen molar-refractivity contribution < 1.29 is 30.6 Å². The van der Waals surface area contributed by atoms with Crippen molar-refractivity contribution >= 4 is 0 Å². The van der Waals surface area contributed by atoms with E-state index in [1.807, 2.05) is 36.4 Å². The number of aliphatic hydroxyl groups is 6. The van der Waals surface area contributed by atoms with E-state index in [4.69, 9.17) is 0 Å². The molecule has 2 aromatic carbocycles. The molecule has 0 heterocycles. The lowest BCUT2D eigenvalue weighted by Crippen LogP contribution is -2.66. The number of rotatable bonds is 10. The van der Waals surface area contributed by atoms with E-state index in [1.165, 1.54) is 0 Å². The molecule has 0 fully saturated rings. The standard InChI is InChI=1S/C30H44O6/c1-8-29(35,17-20-9-13-22(14-10-20)27(2,3)4)26(34)30(36,25(33)24(32)19-31)18-21-11-15-23(16-12-21)28(5,6)7/h8-16,24-26,31-36H,1,17-19H2,2-7H3/t24-,25+,26+,29?,30+/m0/s1. The molecule has 0 aliphatic carbocycles. The van der Waals surface area contributed by atoms with Gasteiger partial charge in [-0.2, -0.15) is 0 Å². The molecule has 0 amide bonds. The Morgan fingerprint density at radius 1 is 0.722 bits per heavy atom. The van der Waals surface area contributed by atoms with Crippen LogP contribution in [0.25, 0.3) is 0 Å². The van der Waals surface area contributed by atoms with Crippen molar-refractivity contribution in [1.29, 1.82) is 0 Å². The predicted molar refractivity (Wildman–Crippen MR) is 143 cm³/mol. The van der Waals surface area contributed by atoms with Crippen molar-refractivity contribution in [2.45, 2.75) is 94.7 Å². The van der Waals surface area contributed by atoms with Gasteiger partial charge in [0.2, 0.25) is 0 Å². The average molecular weight is 501 g/mol. The van der Waals surface area contributed by atoms with Crippen LogP contribution < -0.4 is 0 Å². The monoisotopic (exact) mass is 500 g/mol. The highest BCUT2D eigenvalue weighted by Crippen LogP contribution is 2.34. The first kappa shape index (κ1) is 30.2. The van der Waals surface area contributed by atoms with E-state index in [0.29, 0.717) is 11.1 Å². The zero-order chi connectivity index (χ0) is 27.5. The molecule has 6 N–H and O–H groups in total. The molecule has 0 aliphatic heterocycles. The van der Waals surface area contributed by atoms with Crippen LogP contribution in [-0.4, -0.2) is 66.8 Å². The van der Waals surface area contributed by atoms with Crippen LogP contribution in [0.1, 0.15) is 63.8 Å². The average Bonchev–Trinajstić information content (AvgIpc) is 2.81. The maximum Gasteiger partial charge on any atom is 0.126 e. The number of hydrogen-bond donors (Lipinski definition) is 6. The minimum Gasteiger partial charge on any atom is -0.394 e. The molecule has 1 unspecified atom stereocenters. The topological polar surface area (TPSA) is 121 Å². The summed E-state index contributed by atoms with van der Waals surface area (Å²) in [6.07, 6.45) is -4.86. The van der Waals surface area contributed by atoms with E-state index in [-0.39, 0.29) is 23.7 Å². The van der Waals surface area contributed by atoms with Gasteiger partial charge in [0.1, 0.15) is 29.5 Å². The highest BCUT2D eigenvalue weighted by molar-refractivity contribution is 5.32. The van der Waals surface area contributed by atoms with Crippen LogP contribution in [-0.2, 0) is 23.7 Å². The zero-order valence-corrected chi connectivity index (χ0v) is 22.4. The van der Waals surface area contributed by atoms with Crippen molar-refractivity contribution in [3.05, 3.63) is 83.4 Å². The SMILES string of the molecule is C=CC(O)(Cc1ccc(C(C)(C)C)cc1)[C@@H](O)[C@@](O)(Cc1ccc(C(C)(C)C)cc1)[C@H](O)[C@@H](O)CO. The molecule has 0 saturated carbocycles. The Labute approximate surface area is 215 Å². The Bertz CT molecular complexity index is 986. The van der Waals surface area contributed by atoms with Gasteiger partial charge in [-0.15, -0.1) is 6.58 Å². The molecule has 6 nitrogen and oxygen atoms in total. The normalized spacial score (nSPS) is 18.6. The van der Waals surface area contributed by atoms with Crippen LogP contribution in [0.2, 0.25) is 0 Å². The molecule has 36 heavy (non-hydrogen) atoms. The van der Waals surface area contributed by atoms with Crippen LogP contribution in [0, 0.1) is 0 Å². The Morgan fingerprint density at radius 2 is 1.11 bits per heavy atom. The Balaban J connectivity index is 2.44. The maximum atomic E-state index is 11.6. The van der Waals surface area contributed by atoms with E-state index >= 15 is 0 Å². The Hall–Kier alpha value is -2.06. The highest BCUT2D eigenvalue weighted by atomic mass is 16.4. The fourth-order valence-corrected chi connectivity index (χ4v) is 4.41. The summed E-state index contributed by atoms with van der Waals surface area (Å²) in [6.45, 7) is 15.3. The highest BCUT2D eigenvalue weighted by Gasteiger charge is 2.53. The van der Waals surface area contributed by atoms with E-state index in [9.17, 15) is 30.6 Å². The zero-order valence-electron chi connectivity index (χ0n) is 22.4. The maximum absolute atomic E-state index is 11.6. The van der Waals surface area contributed by atoms with Gasteiger partial charge < -0.3 is 30.6 Å². The molecule has 0 aliphatic rings. The van der Waals surface area contributed by atoms with E-state index in [1.54, 1.807) is 12.1 Å². The van der Waals surface area contributed by atoms with Crippen LogP contribution in [0.3, 0.4) is 0 Å². The van der Waals surface area contributed by atoms with E-state index in [0.717, 1.165) is 17.2 Å². The second-order valence-corrected chi connectivity index (χ2v) is 12.0. The smallest absolute Gasteiger partial charge is 0.126 e. The molecule has 200 valence electrons. The van der Waals surface area contributed by atoms with Crippen molar-refractivity contribution in [3.63, 3.8) is 0 Å². The van der Waals surface area contributed by atoms with Gasteiger partial charge in [-0.3, -0.25) is 0 Å². The Kier molecular flexibility index (Phi) is 9.33. The molecule has 0 bridgehead atoms. The number of hydrogen-bond acceptors (Lipinski definition) is 6. The third-order valence-corrected chi connectivity index (χ3v) is 6.98. The van der Waals surface area contributed by atoms with Gasteiger partial charge in [0.15, 0.2) is 0 Å². The van der Waals surface area contributed by atoms with Crippen molar-refractivity contribution in [2.75, 3.05) is 6.61 Å². The van der Waals surface area contributed by atoms with E-state index < -0.39 is 36.1 Å². The van der Waals surface area contributed by atoms with Crippen molar-refractivity contribution in [1.82, 2.24) is 0 Å². The molecule has 2 aromatic rings. The second kappa shape index (κ2) is 11.1. The number of benzene rings is 2. The summed E-state index contributed by atoms with van der Waals surface area (Å²) < 4.78 is 0. The lowest BCUT2D eigenvalue weighted by Gasteiger charge is -2.45. The summed E-state index contributed by atoms with van der Waals surface area (Å²) in [5, 5.41) is 65.0. The Morgan fingerprint density at radius 3 is 1.44 bits per heavy atom. The third-order valence-electron chi connectivity index (χ3n) is 6.98. The summed E-state index contributed by atoms with van der Waals surface area (Å²) in [5.74, 6) is 0. The van der Waals surface area contributed by atoms with E-state index in [2.05, 4.69) is 48.1 Å². The van der Waals surface area contributed by atoms with Gasteiger partial charge in [-0.25, -0.2) is 0 Å². The van der Waals surface area contributed by atoms with Crippen LogP contribution in [0.5, 0.6) is 0 Å². The first-order valence-electron chi connectivity index (χ1n) is 12.4. The van der Waals surface area contributed by atoms with Crippen molar-refractivity contribution in [3.8, 4) is 0 Å². The third kappa shape index (κ3) is 6.82. The lowest BCUT2D eigenvalue weighted by atomic mass is 9.72. The molecule has 6 heteroatoms. The summed E-state index contributed by atoms with van der Waals surface area (Å²) in [5.41, 5.74) is -1.15. The quantitative estimate of drug-likeness (QED) is 0.279. The summed E-state index contributed by atoms with van der Waals surface area (Å²) in [4.78, 5) is 0. The van der Waals surface area contributed by atoms with Gasteiger partial charge in [0, 0.05) is 12.8 Å². The molecule has 0 spiro atoms. The largest absolute Gasteiger partial charge is 0.394 e. The van der Waals surface area contributed by atoms with Gasteiger partial charge in [0.25, 0.3) is 0 Å². The molecular formula is C30H44O6. The van der Waals surface area contributed by atoms with Gasteiger partial charge >= 0.3 is 0 Å². The summed E-state index contributed by atoms with van der Waals surface area (Å²) in [6, 6.07) is 14.9. The first-order valence-corrected chi connectivity index (χ1v) is 12.4. The predicted octanol–water partition coefficient (Wildman–Crippen LogP) is 2.79. The lowest BCUT2D eigenvalue weighted by molar-refractivity contribution is -0.218. The minimum atomic E-state index is -2.40. The molecule has 2 rings (SSSR count). The van der Waals surface area contributed by atoms with Crippen LogP contribution in [0.15, 0.2) is 61.2 Å². The number of aliphatic hydroxyl groups excluding tert-OH is 4. The fraction of sp³-hybridized carbons (Fsp3) is 0.533. The summed E-state index contributed by atoms with van der Waals surface area (Å²) in [7, 11) is 0. The molecule has 0 saturated heterocycles. The summed E-state index contributed by atoms with van der Waals surface area (Å²) >= 11 is 0. The molecular weight excluding hydrogens is 456 g/mol. The van der Waals surface area contributed by atoms with Gasteiger partial charge in [0.05, 0.1) is 6.61 Å². The first-order chi connectivity index (χ1) is 16.5. The second-order valence-electron chi connectivity index (χ2n) is 12.0.